The van der Waals surface area contributed by atoms with Crippen molar-refractivity contribution in [3.8, 4) is 5.75 Å². The Balaban J connectivity index is 2.02. The lowest BCUT2D eigenvalue weighted by Gasteiger charge is -2.21. The topological polar surface area (TPSA) is 48.4 Å². The molecule has 4 heteroatoms. The Morgan fingerprint density at radius 1 is 1.29 bits per heavy atom. The van der Waals surface area contributed by atoms with E-state index in [9.17, 15) is 5.11 Å². The first-order valence-electron chi connectivity index (χ1n) is 7.23. The number of phenols is 1. The second-order valence-electron chi connectivity index (χ2n) is 5.25. The zero-order chi connectivity index (χ0) is 15.2. The Kier molecular flexibility index (Phi) is 5.17. The van der Waals surface area contributed by atoms with Gasteiger partial charge in [-0.05, 0) is 32.2 Å². The number of hydrogen-bond acceptors (Lipinski definition) is 4. The van der Waals surface area contributed by atoms with Crippen LogP contribution in [0.2, 0.25) is 0 Å². The number of aromatic nitrogens is 1. The van der Waals surface area contributed by atoms with Crippen LogP contribution in [0.4, 0.5) is 5.69 Å². The maximum atomic E-state index is 10.1. The van der Waals surface area contributed by atoms with Crippen LogP contribution < -0.4 is 10.2 Å². The molecule has 2 aromatic rings. The van der Waals surface area contributed by atoms with Crippen LogP contribution in [0.15, 0.2) is 42.6 Å². The van der Waals surface area contributed by atoms with Crippen LogP contribution >= 0.6 is 0 Å². The van der Waals surface area contributed by atoms with Crippen molar-refractivity contribution in [2.45, 2.75) is 19.4 Å². The molecule has 0 bridgehead atoms. The van der Waals surface area contributed by atoms with Gasteiger partial charge in [0, 0.05) is 55.3 Å². The molecule has 112 valence electrons. The molecule has 4 nitrogen and oxygen atoms in total. The molecule has 1 atom stereocenters. The van der Waals surface area contributed by atoms with Gasteiger partial charge in [0.2, 0.25) is 0 Å². The van der Waals surface area contributed by atoms with Gasteiger partial charge in [0.05, 0.1) is 0 Å². The van der Waals surface area contributed by atoms with E-state index < -0.39 is 0 Å². The van der Waals surface area contributed by atoms with Crippen LogP contribution in [0.3, 0.4) is 0 Å². The smallest absolute Gasteiger partial charge is 0.122 e. The number of nitrogens with one attached hydrogen (secondary N) is 1. The predicted molar refractivity (Wildman–Crippen MR) is 86.8 cm³/mol. The summed E-state index contributed by atoms with van der Waals surface area (Å²) in [5.41, 5.74) is 3.00. The van der Waals surface area contributed by atoms with Gasteiger partial charge >= 0.3 is 0 Å². The van der Waals surface area contributed by atoms with Gasteiger partial charge < -0.3 is 15.3 Å². The molecule has 0 amide bonds. The number of rotatable bonds is 6. The molecule has 0 saturated heterocycles. The van der Waals surface area contributed by atoms with Crippen LogP contribution in [0.1, 0.15) is 24.2 Å². The van der Waals surface area contributed by atoms with Gasteiger partial charge in [-0.1, -0.05) is 12.1 Å². The van der Waals surface area contributed by atoms with Gasteiger partial charge in [0.1, 0.15) is 5.75 Å². The largest absolute Gasteiger partial charge is 0.508 e. The molecular formula is C17H23N3O. The number of hydrogen-bond donors (Lipinski definition) is 2. The van der Waals surface area contributed by atoms with Gasteiger partial charge in [-0.2, -0.15) is 0 Å². The lowest BCUT2D eigenvalue weighted by molar-refractivity contribution is 0.458. The minimum Gasteiger partial charge on any atom is -0.508 e. The predicted octanol–water partition coefficient (Wildman–Crippen LogP) is 2.75. The van der Waals surface area contributed by atoms with Gasteiger partial charge in [-0.15, -0.1) is 0 Å². The van der Waals surface area contributed by atoms with E-state index in [1.165, 1.54) is 0 Å². The molecule has 0 radical (unpaired) electrons. The summed E-state index contributed by atoms with van der Waals surface area (Å²) >= 11 is 0. The van der Waals surface area contributed by atoms with Gasteiger partial charge in [-0.25, -0.2) is 0 Å². The first-order valence-corrected chi connectivity index (χ1v) is 7.23. The van der Waals surface area contributed by atoms with E-state index in [1.54, 1.807) is 0 Å². The van der Waals surface area contributed by atoms with Crippen LogP contribution in [-0.2, 0) is 6.42 Å². The zero-order valence-electron chi connectivity index (χ0n) is 12.9. The van der Waals surface area contributed by atoms with Crippen molar-refractivity contribution < 1.29 is 5.11 Å². The highest BCUT2D eigenvalue weighted by atomic mass is 16.3. The summed E-state index contributed by atoms with van der Waals surface area (Å²) in [7, 11) is 3.91. The van der Waals surface area contributed by atoms with Gasteiger partial charge in [-0.3, -0.25) is 4.98 Å². The maximum Gasteiger partial charge on any atom is 0.122 e. The summed E-state index contributed by atoms with van der Waals surface area (Å²) in [5.74, 6) is 0.332. The van der Waals surface area contributed by atoms with Crippen molar-refractivity contribution in [1.29, 1.82) is 0 Å². The second-order valence-corrected chi connectivity index (χ2v) is 5.25. The van der Waals surface area contributed by atoms with Crippen molar-refractivity contribution in [2.24, 2.45) is 0 Å². The summed E-state index contributed by atoms with van der Waals surface area (Å²) in [5, 5.41) is 13.3. The molecule has 0 spiro atoms. The quantitative estimate of drug-likeness (QED) is 0.857. The van der Waals surface area contributed by atoms with E-state index in [2.05, 4.69) is 15.2 Å². The van der Waals surface area contributed by atoms with Crippen molar-refractivity contribution >= 4 is 5.69 Å². The number of phenolic OH excluding ortho intramolecular Hbond substituents is 1. The third kappa shape index (κ3) is 3.95. The Labute approximate surface area is 126 Å². The summed E-state index contributed by atoms with van der Waals surface area (Å²) in [6.07, 6.45) is 2.70. The van der Waals surface area contributed by atoms with Crippen molar-refractivity contribution in [2.75, 3.05) is 25.5 Å². The average molecular weight is 285 g/mol. The molecule has 0 saturated carbocycles. The first-order chi connectivity index (χ1) is 10.1. The highest BCUT2D eigenvalue weighted by molar-refractivity contribution is 5.53. The average Bonchev–Trinajstić information content (AvgIpc) is 2.52. The number of nitrogens with zero attached hydrogens (tertiary/aromatic N) is 2. The van der Waals surface area contributed by atoms with E-state index in [-0.39, 0.29) is 6.04 Å². The first kappa shape index (κ1) is 15.3. The number of aromatic hydroxyl groups is 1. The summed E-state index contributed by atoms with van der Waals surface area (Å²) in [4.78, 5) is 6.45. The third-order valence-corrected chi connectivity index (χ3v) is 3.78. The van der Waals surface area contributed by atoms with E-state index in [1.807, 2.05) is 63.6 Å². The summed E-state index contributed by atoms with van der Waals surface area (Å²) < 4.78 is 0. The van der Waals surface area contributed by atoms with Crippen LogP contribution in [-0.4, -0.2) is 30.7 Å². The van der Waals surface area contributed by atoms with Crippen molar-refractivity contribution in [1.82, 2.24) is 10.3 Å². The van der Waals surface area contributed by atoms with Gasteiger partial charge in [0.15, 0.2) is 0 Å². The molecule has 1 aromatic carbocycles. The monoisotopic (exact) mass is 285 g/mol. The Morgan fingerprint density at radius 3 is 2.71 bits per heavy atom. The fourth-order valence-electron chi connectivity index (χ4n) is 2.25. The molecule has 0 aliphatic rings. The van der Waals surface area contributed by atoms with E-state index in [0.717, 1.165) is 29.9 Å². The SMILES string of the molecule is CNC(C)c1ccc(N(C)CCc2ccccn2)cc1O. The standard InChI is InChI=1S/C17H23N3O/c1-13(18-2)16-8-7-15(12-17(16)21)20(3)11-9-14-6-4-5-10-19-14/h4-8,10,12-13,18,21H,9,11H2,1-3H3. The lowest BCUT2D eigenvalue weighted by Crippen LogP contribution is -2.21. The third-order valence-electron chi connectivity index (χ3n) is 3.78. The van der Waals surface area contributed by atoms with Crippen LogP contribution in [0, 0.1) is 0 Å². The second kappa shape index (κ2) is 7.09. The molecule has 1 heterocycles. The Bertz CT molecular complexity index is 572. The van der Waals surface area contributed by atoms with Crippen LogP contribution in [0.5, 0.6) is 5.75 Å². The molecule has 1 unspecified atom stereocenters. The van der Waals surface area contributed by atoms with E-state index >= 15 is 0 Å². The Hall–Kier alpha value is -2.07. The number of benzene rings is 1. The molecule has 2 N–H and O–H groups in total. The summed E-state index contributed by atoms with van der Waals surface area (Å²) in [6.45, 7) is 2.89. The highest BCUT2D eigenvalue weighted by Gasteiger charge is 2.10. The van der Waals surface area contributed by atoms with Crippen molar-refractivity contribution in [3.05, 3.63) is 53.9 Å². The number of anilines is 1. The molecule has 0 aliphatic carbocycles. The molecular weight excluding hydrogens is 262 g/mol. The van der Waals surface area contributed by atoms with Gasteiger partial charge in [0.25, 0.3) is 0 Å². The fraction of sp³-hybridized carbons (Fsp3) is 0.353. The molecule has 0 aliphatic heterocycles. The van der Waals surface area contributed by atoms with Crippen molar-refractivity contribution in [3.63, 3.8) is 0 Å². The zero-order valence-corrected chi connectivity index (χ0v) is 12.9. The molecule has 21 heavy (non-hydrogen) atoms. The minimum absolute atomic E-state index is 0.137. The van der Waals surface area contributed by atoms with E-state index in [0.29, 0.717) is 5.75 Å². The number of pyridine rings is 1. The number of likely N-dealkylation sites (N-methyl/N-ethyl adjacent to an activating group) is 1. The lowest BCUT2D eigenvalue weighted by atomic mass is 10.1. The maximum absolute atomic E-state index is 10.1. The normalized spacial score (nSPS) is 12.1. The minimum atomic E-state index is 0.137. The highest BCUT2D eigenvalue weighted by Crippen LogP contribution is 2.28. The summed E-state index contributed by atoms with van der Waals surface area (Å²) in [6, 6.07) is 11.9. The molecule has 1 aromatic heterocycles. The Morgan fingerprint density at radius 2 is 2.10 bits per heavy atom. The fourth-order valence-corrected chi connectivity index (χ4v) is 2.25. The molecule has 2 rings (SSSR count). The van der Waals surface area contributed by atoms with Crippen LogP contribution in [0.25, 0.3) is 0 Å². The van der Waals surface area contributed by atoms with E-state index in [4.69, 9.17) is 0 Å². The molecule has 0 fully saturated rings.